The molecule has 28 heavy (non-hydrogen) atoms. The minimum Gasteiger partial charge on any atom is -0.354 e. The molecule has 0 aromatic heterocycles. The lowest BCUT2D eigenvalue weighted by molar-refractivity contribution is -0.119. The van der Waals surface area contributed by atoms with Crippen LogP contribution in [-0.2, 0) is 20.6 Å². The third-order valence-corrected chi connectivity index (χ3v) is 7.18. The van der Waals surface area contributed by atoms with Gasteiger partial charge in [0.1, 0.15) is 6.54 Å². The summed E-state index contributed by atoms with van der Waals surface area (Å²) in [5.74, 6) is 1.21. The van der Waals surface area contributed by atoms with Crippen LogP contribution in [0.4, 0.5) is 5.69 Å². The van der Waals surface area contributed by atoms with Crippen molar-refractivity contribution in [3.8, 4) is 0 Å². The van der Waals surface area contributed by atoms with Gasteiger partial charge in [0.05, 0.1) is 11.9 Å². The van der Waals surface area contributed by atoms with Crippen LogP contribution >= 0.6 is 39.3 Å². The number of hydrogen-bond acceptors (Lipinski definition) is 4. The molecule has 0 atom stereocenters. The third kappa shape index (κ3) is 7.31. The summed E-state index contributed by atoms with van der Waals surface area (Å²) in [6.07, 6.45) is 1.10. The molecule has 2 rings (SSSR count). The second-order valence-corrected chi connectivity index (χ2v) is 10.5. The first kappa shape index (κ1) is 23.1. The molecule has 1 N–H and O–H groups in total. The van der Waals surface area contributed by atoms with Gasteiger partial charge in [0, 0.05) is 27.5 Å². The van der Waals surface area contributed by atoms with Crippen LogP contribution in [0, 0.1) is 6.92 Å². The van der Waals surface area contributed by atoms with E-state index in [-0.39, 0.29) is 12.5 Å². The highest BCUT2D eigenvalue weighted by atomic mass is 79.9. The smallest absolute Gasteiger partial charge is 0.240 e. The molecule has 2 aromatic rings. The fourth-order valence-electron chi connectivity index (χ4n) is 2.40. The molecule has 0 aliphatic heterocycles. The molecular formula is C19H22BrClN2O3S2. The zero-order valence-electron chi connectivity index (χ0n) is 15.6. The molecule has 2 aromatic carbocycles. The van der Waals surface area contributed by atoms with Crippen molar-refractivity contribution >= 4 is 60.9 Å². The Hall–Kier alpha value is -1.22. The molecule has 0 spiro atoms. The van der Waals surface area contributed by atoms with E-state index >= 15 is 0 Å². The molecule has 0 unspecified atom stereocenters. The Morgan fingerprint density at radius 3 is 2.50 bits per heavy atom. The number of benzene rings is 2. The van der Waals surface area contributed by atoms with E-state index < -0.39 is 10.0 Å². The van der Waals surface area contributed by atoms with Crippen molar-refractivity contribution in [3.63, 3.8) is 0 Å². The van der Waals surface area contributed by atoms with Crippen LogP contribution in [0.25, 0.3) is 0 Å². The highest BCUT2D eigenvalue weighted by molar-refractivity contribution is 9.10. The highest BCUT2D eigenvalue weighted by Gasteiger charge is 2.21. The van der Waals surface area contributed by atoms with Gasteiger partial charge in [-0.1, -0.05) is 39.7 Å². The second-order valence-electron chi connectivity index (χ2n) is 6.23. The first-order chi connectivity index (χ1) is 13.2. The first-order valence-electron chi connectivity index (χ1n) is 8.49. The van der Waals surface area contributed by atoms with Crippen molar-refractivity contribution in [1.82, 2.24) is 5.32 Å². The number of halogens is 2. The molecule has 1 amide bonds. The first-order valence-corrected chi connectivity index (χ1v) is 12.7. The Labute approximate surface area is 184 Å². The summed E-state index contributed by atoms with van der Waals surface area (Å²) >= 11 is 10.9. The predicted molar refractivity (Wildman–Crippen MR) is 122 cm³/mol. The van der Waals surface area contributed by atoms with E-state index in [0.29, 0.717) is 17.3 Å². The molecule has 0 saturated carbocycles. The highest BCUT2D eigenvalue weighted by Crippen LogP contribution is 2.24. The van der Waals surface area contributed by atoms with Gasteiger partial charge in [0.2, 0.25) is 15.9 Å². The normalized spacial score (nSPS) is 11.3. The van der Waals surface area contributed by atoms with Crippen LogP contribution in [0.2, 0.25) is 5.02 Å². The third-order valence-electron chi connectivity index (χ3n) is 3.87. The summed E-state index contributed by atoms with van der Waals surface area (Å²) in [5, 5.41) is 3.49. The summed E-state index contributed by atoms with van der Waals surface area (Å²) in [5.41, 5.74) is 2.52. The number of hydrogen-bond donors (Lipinski definition) is 1. The van der Waals surface area contributed by atoms with E-state index in [1.165, 1.54) is 0 Å². The Kier molecular flexibility index (Phi) is 8.67. The summed E-state index contributed by atoms with van der Waals surface area (Å²) in [4.78, 5) is 12.2. The van der Waals surface area contributed by atoms with Crippen molar-refractivity contribution in [2.24, 2.45) is 0 Å². The standard InChI is InChI=1S/C19H22BrClN2O3S2/c1-14-11-17(7-8-18(14)20)23(28(2,25)26)12-19(24)22-9-10-27-13-15-3-5-16(21)6-4-15/h3-8,11H,9-10,12-13H2,1-2H3,(H,22,24). The Balaban J connectivity index is 1.84. The summed E-state index contributed by atoms with van der Waals surface area (Å²) in [6, 6.07) is 12.8. The average Bonchev–Trinajstić information content (AvgIpc) is 2.62. The molecule has 152 valence electrons. The zero-order chi connectivity index (χ0) is 20.7. The van der Waals surface area contributed by atoms with E-state index in [0.717, 1.165) is 37.7 Å². The maximum Gasteiger partial charge on any atom is 0.240 e. The molecule has 5 nitrogen and oxygen atoms in total. The molecule has 0 radical (unpaired) electrons. The van der Waals surface area contributed by atoms with Crippen LogP contribution in [0.15, 0.2) is 46.9 Å². The monoisotopic (exact) mass is 504 g/mol. The van der Waals surface area contributed by atoms with Crippen molar-refractivity contribution in [3.05, 3.63) is 63.1 Å². The van der Waals surface area contributed by atoms with Crippen LogP contribution in [-0.4, -0.2) is 39.4 Å². The fourth-order valence-corrected chi connectivity index (χ4v) is 4.44. The summed E-state index contributed by atoms with van der Waals surface area (Å²) in [6.45, 7) is 2.09. The molecular weight excluding hydrogens is 484 g/mol. The summed E-state index contributed by atoms with van der Waals surface area (Å²) in [7, 11) is -3.58. The van der Waals surface area contributed by atoms with Gasteiger partial charge in [-0.05, 0) is 48.4 Å². The molecule has 0 bridgehead atoms. The number of nitrogens with one attached hydrogen (secondary N) is 1. The Bertz CT molecular complexity index is 921. The van der Waals surface area contributed by atoms with E-state index in [1.54, 1.807) is 30.0 Å². The zero-order valence-corrected chi connectivity index (χ0v) is 19.6. The molecule has 9 heteroatoms. The lowest BCUT2D eigenvalue weighted by atomic mass is 10.2. The van der Waals surface area contributed by atoms with E-state index in [1.807, 2.05) is 31.2 Å². The van der Waals surface area contributed by atoms with Crippen LogP contribution in [0.1, 0.15) is 11.1 Å². The molecule has 0 heterocycles. The topological polar surface area (TPSA) is 66.5 Å². The maximum atomic E-state index is 12.2. The lowest BCUT2D eigenvalue weighted by Gasteiger charge is -2.22. The van der Waals surface area contributed by atoms with Crippen LogP contribution < -0.4 is 9.62 Å². The molecule has 0 aliphatic rings. The number of amides is 1. The number of sulfonamides is 1. The average molecular weight is 506 g/mol. The summed E-state index contributed by atoms with van der Waals surface area (Å²) < 4.78 is 26.3. The number of nitrogens with zero attached hydrogens (tertiary/aromatic N) is 1. The van der Waals surface area contributed by atoms with E-state index in [2.05, 4.69) is 21.2 Å². The van der Waals surface area contributed by atoms with Gasteiger partial charge in [0.25, 0.3) is 0 Å². The van der Waals surface area contributed by atoms with E-state index in [4.69, 9.17) is 11.6 Å². The fraction of sp³-hybridized carbons (Fsp3) is 0.316. The van der Waals surface area contributed by atoms with Crippen LogP contribution in [0.3, 0.4) is 0 Å². The number of thioether (sulfide) groups is 1. The molecule has 0 fully saturated rings. The number of rotatable bonds is 9. The SMILES string of the molecule is Cc1cc(N(CC(=O)NCCSCc2ccc(Cl)cc2)S(C)(=O)=O)ccc1Br. The van der Waals surface area contributed by atoms with Crippen molar-refractivity contribution in [1.29, 1.82) is 0 Å². The van der Waals surface area contributed by atoms with Gasteiger partial charge in [-0.3, -0.25) is 9.10 Å². The van der Waals surface area contributed by atoms with Gasteiger partial charge in [-0.15, -0.1) is 0 Å². The number of anilines is 1. The minimum absolute atomic E-state index is 0.248. The Morgan fingerprint density at radius 1 is 1.21 bits per heavy atom. The largest absolute Gasteiger partial charge is 0.354 e. The van der Waals surface area contributed by atoms with Crippen LogP contribution in [0.5, 0.6) is 0 Å². The number of aryl methyl sites for hydroxylation is 1. The lowest BCUT2D eigenvalue weighted by Crippen LogP contribution is -2.41. The number of carbonyl (C=O) groups excluding carboxylic acids is 1. The maximum absolute atomic E-state index is 12.2. The van der Waals surface area contributed by atoms with Gasteiger partial charge >= 0.3 is 0 Å². The van der Waals surface area contributed by atoms with Gasteiger partial charge in [-0.2, -0.15) is 11.8 Å². The van der Waals surface area contributed by atoms with E-state index in [9.17, 15) is 13.2 Å². The second kappa shape index (κ2) is 10.5. The van der Waals surface area contributed by atoms with Gasteiger partial charge in [-0.25, -0.2) is 8.42 Å². The molecule has 0 saturated heterocycles. The molecule has 0 aliphatic carbocycles. The predicted octanol–water partition coefficient (Wildman–Crippen LogP) is 4.23. The minimum atomic E-state index is -3.58. The van der Waals surface area contributed by atoms with Gasteiger partial charge in [0.15, 0.2) is 0 Å². The van der Waals surface area contributed by atoms with Gasteiger partial charge < -0.3 is 5.32 Å². The quantitative estimate of drug-likeness (QED) is 0.518. The number of carbonyl (C=O) groups is 1. The van der Waals surface area contributed by atoms with Crippen molar-refractivity contribution in [2.75, 3.05) is 29.4 Å². The van der Waals surface area contributed by atoms with Crippen molar-refractivity contribution < 1.29 is 13.2 Å². The Morgan fingerprint density at radius 2 is 1.89 bits per heavy atom. The van der Waals surface area contributed by atoms with Crippen molar-refractivity contribution in [2.45, 2.75) is 12.7 Å².